The van der Waals surface area contributed by atoms with Crippen LogP contribution in [-0.4, -0.2) is 24.7 Å². The second-order valence-electron chi connectivity index (χ2n) is 5.95. The smallest absolute Gasteiger partial charge is 0.256 e. The minimum atomic E-state index is -0.866. The lowest BCUT2D eigenvalue weighted by molar-refractivity contribution is -0.140. The van der Waals surface area contributed by atoms with E-state index in [9.17, 15) is 10.1 Å². The number of carbonyl (C=O) groups excluding carboxylic acids is 1. The first kappa shape index (κ1) is 20.0. The van der Waals surface area contributed by atoms with Crippen molar-refractivity contribution in [1.29, 1.82) is 5.26 Å². The fourth-order valence-corrected chi connectivity index (χ4v) is 2.35. The molecule has 1 aromatic carbocycles. The number of nitriles is 1. The van der Waals surface area contributed by atoms with Gasteiger partial charge in [0.05, 0.1) is 12.2 Å². The molecule has 0 heterocycles. The third-order valence-electron chi connectivity index (χ3n) is 3.65. The molecule has 0 radical (unpaired) electrons. The Hall–Kier alpha value is -2.06. The van der Waals surface area contributed by atoms with Crippen LogP contribution in [0, 0.1) is 11.3 Å². The summed E-state index contributed by atoms with van der Waals surface area (Å²) in [7, 11) is 0. The molecule has 5 heteroatoms. The molecule has 0 aromatic heterocycles. The summed E-state index contributed by atoms with van der Waals surface area (Å²) in [6, 6.07) is 7.20. The normalized spacial score (nSPS) is 13.0. The van der Waals surface area contributed by atoms with Gasteiger partial charge in [-0.25, -0.2) is 0 Å². The summed E-state index contributed by atoms with van der Waals surface area (Å²) in [5.41, 5.74) is 0.116. The molecule has 5 nitrogen and oxygen atoms in total. The maximum Gasteiger partial charge on any atom is 0.256 e. The number of hydrogen-bond donors (Lipinski definition) is 1. The van der Waals surface area contributed by atoms with Gasteiger partial charge >= 0.3 is 0 Å². The lowest BCUT2D eigenvalue weighted by Crippen LogP contribution is -2.43. The average Bonchev–Trinajstić information content (AvgIpc) is 2.58. The topological polar surface area (TPSA) is 71.3 Å². The SMILES string of the molecule is CCCOc1ccc(NC(=O)C(C)(CCC)OCCC)cc1C#N. The quantitative estimate of drug-likeness (QED) is 0.694. The maximum atomic E-state index is 12.6. The molecule has 0 fully saturated rings. The molecule has 1 N–H and O–H groups in total. The standard InChI is InChI=1S/C19H28N2O3/c1-5-10-19(4,24-12-7-3)18(22)21-16-8-9-17(23-11-6-2)15(13-16)14-20/h8-9,13H,5-7,10-12H2,1-4H3,(H,21,22). The molecule has 1 atom stereocenters. The van der Waals surface area contributed by atoms with E-state index in [2.05, 4.69) is 11.4 Å². The Morgan fingerprint density at radius 2 is 1.92 bits per heavy atom. The van der Waals surface area contributed by atoms with Crippen LogP contribution in [0.4, 0.5) is 5.69 Å². The first-order chi connectivity index (χ1) is 11.5. The summed E-state index contributed by atoms with van der Waals surface area (Å²) in [6.45, 7) is 8.95. The highest BCUT2D eigenvalue weighted by Crippen LogP contribution is 2.25. The number of hydrogen-bond acceptors (Lipinski definition) is 4. The molecular weight excluding hydrogens is 304 g/mol. The summed E-state index contributed by atoms with van der Waals surface area (Å²) in [5, 5.41) is 12.1. The Labute approximate surface area is 145 Å². The van der Waals surface area contributed by atoms with Crippen molar-refractivity contribution in [2.75, 3.05) is 18.5 Å². The molecule has 0 aliphatic heterocycles. The third kappa shape index (κ3) is 5.54. The highest BCUT2D eigenvalue weighted by Gasteiger charge is 2.33. The molecule has 0 bridgehead atoms. The van der Waals surface area contributed by atoms with E-state index in [-0.39, 0.29) is 5.91 Å². The number of carbonyl (C=O) groups is 1. The Bertz CT molecular complexity index is 580. The highest BCUT2D eigenvalue weighted by molar-refractivity contribution is 5.97. The monoisotopic (exact) mass is 332 g/mol. The predicted octanol–water partition coefficient (Wildman–Crippen LogP) is 4.27. The Kier molecular flexibility index (Phi) is 8.28. The van der Waals surface area contributed by atoms with Crippen LogP contribution in [0.15, 0.2) is 18.2 Å². The number of benzene rings is 1. The van der Waals surface area contributed by atoms with E-state index < -0.39 is 5.60 Å². The fourth-order valence-electron chi connectivity index (χ4n) is 2.35. The van der Waals surface area contributed by atoms with Gasteiger partial charge in [-0.05, 0) is 44.4 Å². The second kappa shape index (κ2) is 9.94. The van der Waals surface area contributed by atoms with E-state index in [1.165, 1.54) is 0 Å². The van der Waals surface area contributed by atoms with E-state index in [1.54, 1.807) is 18.2 Å². The van der Waals surface area contributed by atoms with E-state index in [0.29, 0.717) is 36.6 Å². The molecule has 0 aliphatic rings. The minimum Gasteiger partial charge on any atom is -0.492 e. The van der Waals surface area contributed by atoms with Crippen molar-refractivity contribution < 1.29 is 14.3 Å². The molecule has 1 aromatic rings. The van der Waals surface area contributed by atoms with Gasteiger partial charge < -0.3 is 14.8 Å². The van der Waals surface area contributed by atoms with Crippen LogP contribution in [0.1, 0.15) is 58.9 Å². The third-order valence-corrected chi connectivity index (χ3v) is 3.65. The van der Waals surface area contributed by atoms with E-state index in [4.69, 9.17) is 9.47 Å². The lowest BCUT2D eigenvalue weighted by Gasteiger charge is -2.28. The van der Waals surface area contributed by atoms with E-state index in [1.807, 2.05) is 27.7 Å². The van der Waals surface area contributed by atoms with Crippen molar-refractivity contribution >= 4 is 11.6 Å². The number of nitrogens with one attached hydrogen (secondary N) is 1. The van der Waals surface area contributed by atoms with Gasteiger partial charge in [0.1, 0.15) is 17.4 Å². The van der Waals surface area contributed by atoms with Crippen molar-refractivity contribution in [2.45, 2.75) is 59.0 Å². The average molecular weight is 332 g/mol. The van der Waals surface area contributed by atoms with Gasteiger partial charge in [-0.3, -0.25) is 4.79 Å². The predicted molar refractivity (Wildman–Crippen MR) is 95.1 cm³/mol. The first-order valence-electron chi connectivity index (χ1n) is 8.63. The number of nitrogens with zero attached hydrogens (tertiary/aromatic N) is 1. The Morgan fingerprint density at radius 1 is 1.21 bits per heavy atom. The molecule has 0 spiro atoms. The molecule has 1 rings (SSSR count). The maximum absolute atomic E-state index is 12.6. The molecule has 1 unspecified atom stereocenters. The largest absolute Gasteiger partial charge is 0.492 e. The Balaban J connectivity index is 2.90. The van der Waals surface area contributed by atoms with Gasteiger partial charge in [-0.2, -0.15) is 5.26 Å². The van der Waals surface area contributed by atoms with Gasteiger partial charge in [0.25, 0.3) is 5.91 Å². The first-order valence-corrected chi connectivity index (χ1v) is 8.63. The van der Waals surface area contributed by atoms with Crippen molar-refractivity contribution in [3.63, 3.8) is 0 Å². The molecule has 1 amide bonds. The van der Waals surface area contributed by atoms with E-state index in [0.717, 1.165) is 19.3 Å². The van der Waals surface area contributed by atoms with Gasteiger partial charge in [-0.1, -0.05) is 27.2 Å². The molecule has 24 heavy (non-hydrogen) atoms. The zero-order valence-corrected chi connectivity index (χ0v) is 15.1. The van der Waals surface area contributed by atoms with E-state index >= 15 is 0 Å². The number of amides is 1. The van der Waals surface area contributed by atoms with Crippen molar-refractivity contribution in [3.8, 4) is 11.8 Å². The van der Waals surface area contributed by atoms with Crippen LogP contribution >= 0.6 is 0 Å². The van der Waals surface area contributed by atoms with Crippen LogP contribution in [0.5, 0.6) is 5.75 Å². The van der Waals surface area contributed by atoms with Crippen molar-refractivity contribution in [3.05, 3.63) is 23.8 Å². The van der Waals surface area contributed by atoms with Crippen LogP contribution in [0.25, 0.3) is 0 Å². The summed E-state index contributed by atoms with van der Waals surface area (Å²) in [4.78, 5) is 12.6. The summed E-state index contributed by atoms with van der Waals surface area (Å²) in [6.07, 6.45) is 3.21. The van der Waals surface area contributed by atoms with Crippen LogP contribution in [-0.2, 0) is 9.53 Å². The van der Waals surface area contributed by atoms with Gasteiger partial charge in [-0.15, -0.1) is 0 Å². The number of anilines is 1. The zero-order valence-electron chi connectivity index (χ0n) is 15.1. The number of rotatable bonds is 10. The highest BCUT2D eigenvalue weighted by atomic mass is 16.5. The Morgan fingerprint density at radius 3 is 2.50 bits per heavy atom. The second-order valence-corrected chi connectivity index (χ2v) is 5.95. The van der Waals surface area contributed by atoms with Crippen molar-refractivity contribution in [1.82, 2.24) is 0 Å². The molecule has 0 saturated carbocycles. The molecule has 0 aliphatic carbocycles. The minimum absolute atomic E-state index is 0.191. The summed E-state index contributed by atoms with van der Waals surface area (Å²) >= 11 is 0. The molecule has 0 saturated heterocycles. The summed E-state index contributed by atoms with van der Waals surface area (Å²) in [5.74, 6) is 0.347. The van der Waals surface area contributed by atoms with Crippen LogP contribution in [0.2, 0.25) is 0 Å². The van der Waals surface area contributed by atoms with Gasteiger partial charge in [0.15, 0.2) is 0 Å². The summed E-state index contributed by atoms with van der Waals surface area (Å²) < 4.78 is 11.3. The van der Waals surface area contributed by atoms with Crippen molar-refractivity contribution in [2.24, 2.45) is 0 Å². The van der Waals surface area contributed by atoms with Crippen LogP contribution in [0.3, 0.4) is 0 Å². The zero-order chi connectivity index (χ0) is 18.0. The number of ether oxygens (including phenoxy) is 2. The fraction of sp³-hybridized carbons (Fsp3) is 0.579. The lowest BCUT2D eigenvalue weighted by atomic mass is 9.98. The molecular formula is C19H28N2O3. The van der Waals surface area contributed by atoms with Gasteiger partial charge in [0, 0.05) is 12.3 Å². The van der Waals surface area contributed by atoms with Gasteiger partial charge in [0.2, 0.25) is 0 Å². The van der Waals surface area contributed by atoms with Crippen LogP contribution < -0.4 is 10.1 Å². The molecule has 132 valence electrons.